The molecule has 1 aromatic carbocycles. The second-order valence-electron chi connectivity index (χ2n) is 3.27. The van der Waals surface area contributed by atoms with Gasteiger partial charge in [0, 0.05) is 16.7 Å². The Hall–Kier alpha value is -0.650. The SMILES string of the molecule is O=C(c1ccc(F)cc1I)N1CCC1. The molecule has 0 atom stereocenters. The van der Waals surface area contributed by atoms with Crippen LogP contribution in [0.2, 0.25) is 0 Å². The first kappa shape index (κ1) is 9.89. The Morgan fingerprint density at radius 2 is 2.14 bits per heavy atom. The van der Waals surface area contributed by atoms with Gasteiger partial charge in [0.05, 0.1) is 5.56 Å². The first-order valence-electron chi connectivity index (χ1n) is 4.43. The second kappa shape index (κ2) is 3.84. The summed E-state index contributed by atoms with van der Waals surface area (Å²) in [5.74, 6) is -0.282. The normalized spacial score (nSPS) is 15.1. The predicted molar refractivity (Wildman–Crippen MR) is 59.6 cm³/mol. The molecule has 1 aliphatic rings. The number of halogens is 2. The quantitative estimate of drug-likeness (QED) is 0.729. The molecule has 0 spiro atoms. The molecule has 0 unspecified atom stereocenters. The maximum absolute atomic E-state index is 12.8. The Morgan fingerprint density at radius 3 is 2.64 bits per heavy atom. The number of benzene rings is 1. The molecule has 1 fully saturated rings. The van der Waals surface area contributed by atoms with Gasteiger partial charge in [0.2, 0.25) is 0 Å². The van der Waals surface area contributed by atoms with Gasteiger partial charge in [-0.1, -0.05) is 0 Å². The lowest BCUT2D eigenvalue weighted by molar-refractivity contribution is 0.0650. The highest BCUT2D eigenvalue weighted by molar-refractivity contribution is 14.1. The van der Waals surface area contributed by atoms with E-state index in [1.54, 1.807) is 11.0 Å². The molecule has 1 amide bonds. The van der Waals surface area contributed by atoms with Gasteiger partial charge in [-0.2, -0.15) is 0 Å². The van der Waals surface area contributed by atoms with E-state index in [-0.39, 0.29) is 11.7 Å². The summed E-state index contributed by atoms with van der Waals surface area (Å²) >= 11 is 1.99. The van der Waals surface area contributed by atoms with Gasteiger partial charge in [0.15, 0.2) is 0 Å². The first-order valence-corrected chi connectivity index (χ1v) is 5.50. The lowest BCUT2D eigenvalue weighted by Gasteiger charge is -2.31. The van der Waals surface area contributed by atoms with E-state index in [9.17, 15) is 9.18 Å². The molecule has 0 saturated carbocycles. The molecule has 0 bridgehead atoms. The topological polar surface area (TPSA) is 20.3 Å². The van der Waals surface area contributed by atoms with Crippen LogP contribution in [-0.2, 0) is 0 Å². The average Bonchev–Trinajstić information content (AvgIpc) is 2.00. The van der Waals surface area contributed by atoms with E-state index in [0.29, 0.717) is 9.13 Å². The molecule has 74 valence electrons. The summed E-state index contributed by atoms with van der Waals surface area (Å²) in [5, 5.41) is 0. The van der Waals surface area contributed by atoms with Crippen LogP contribution in [0.15, 0.2) is 18.2 Å². The summed E-state index contributed by atoms with van der Waals surface area (Å²) in [6, 6.07) is 4.26. The van der Waals surface area contributed by atoms with Gasteiger partial charge in [-0.25, -0.2) is 4.39 Å². The fourth-order valence-electron chi connectivity index (χ4n) is 1.35. The van der Waals surface area contributed by atoms with Crippen LogP contribution in [0.3, 0.4) is 0 Å². The average molecular weight is 305 g/mol. The largest absolute Gasteiger partial charge is 0.338 e. The number of nitrogens with zero attached hydrogens (tertiary/aromatic N) is 1. The molecule has 0 N–H and O–H groups in total. The van der Waals surface area contributed by atoms with E-state index in [1.807, 2.05) is 22.6 Å². The summed E-state index contributed by atoms with van der Waals surface area (Å²) in [5.41, 5.74) is 0.603. The molecule has 4 heteroatoms. The van der Waals surface area contributed by atoms with Crippen LogP contribution in [0.1, 0.15) is 16.8 Å². The summed E-state index contributed by atoms with van der Waals surface area (Å²) < 4.78 is 13.5. The molecule has 0 radical (unpaired) electrons. The standard InChI is InChI=1S/C10H9FINO/c11-7-2-3-8(9(12)6-7)10(14)13-4-1-5-13/h2-3,6H,1,4-5H2. The highest BCUT2D eigenvalue weighted by atomic mass is 127. The minimum absolute atomic E-state index is 0.0145. The third kappa shape index (κ3) is 1.75. The maximum atomic E-state index is 12.8. The lowest BCUT2D eigenvalue weighted by atomic mass is 10.1. The van der Waals surface area contributed by atoms with Gasteiger partial charge >= 0.3 is 0 Å². The zero-order chi connectivity index (χ0) is 10.1. The highest BCUT2D eigenvalue weighted by Gasteiger charge is 2.23. The van der Waals surface area contributed by atoms with Crippen molar-refractivity contribution >= 4 is 28.5 Å². The molecule has 0 aliphatic carbocycles. The monoisotopic (exact) mass is 305 g/mol. The van der Waals surface area contributed by atoms with Crippen LogP contribution in [0.4, 0.5) is 4.39 Å². The van der Waals surface area contributed by atoms with Gasteiger partial charge in [-0.15, -0.1) is 0 Å². The number of hydrogen-bond acceptors (Lipinski definition) is 1. The number of carbonyl (C=O) groups excluding carboxylic acids is 1. The zero-order valence-electron chi connectivity index (χ0n) is 7.46. The van der Waals surface area contributed by atoms with Gasteiger partial charge in [-0.3, -0.25) is 4.79 Å². The van der Waals surface area contributed by atoms with E-state index in [0.717, 1.165) is 19.5 Å². The van der Waals surface area contributed by atoms with Crippen LogP contribution < -0.4 is 0 Å². The van der Waals surface area contributed by atoms with Crippen molar-refractivity contribution in [3.63, 3.8) is 0 Å². The van der Waals surface area contributed by atoms with Crippen LogP contribution in [-0.4, -0.2) is 23.9 Å². The summed E-state index contributed by atoms with van der Waals surface area (Å²) in [6.45, 7) is 1.65. The summed E-state index contributed by atoms with van der Waals surface area (Å²) in [6.07, 6.45) is 1.07. The zero-order valence-corrected chi connectivity index (χ0v) is 9.62. The second-order valence-corrected chi connectivity index (χ2v) is 4.43. The molecule has 0 aromatic heterocycles. The van der Waals surface area contributed by atoms with E-state index < -0.39 is 0 Å². The Bertz CT molecular complexity index is 376. The summed E-state index contributed by atoms with van der Waals surface area (Å²) in [4.78, 5) is 13.5. The van der Waals surface area contributed by atoms with Crippen LogP contribution in [0, 0.1) is 9.39 Å². The first-order chi connectivity index (χ1) is 6.68. The van der Waals surface area contributed by atoms with Crippen LogP contribution in [0.5, 0.6) is 0 Å². The number of likely N-dealkylation sites (tertiary alicyclic amines) is 1. The molecular weight excluding hydrogens is 296 g/mol. The fraction of sp³-hybridized carbons (Fsp3) is 0.300. The van der Waals surface area contributed by atoms with E-state index in [4.69, 9.17) is 0 Å². The minimum Gasteiger partial charge on any atom is -0.338 e. The van der Waals surface area contributed by atoms with Crippen LogP contribution >= 0.6 is 22.6 Å². The molecule has 14 heavy (non-hydrogen) atoms. The van der Waals surface area contributed by atoms with Gasteiger partial charge in [0.25, 0.3) is 5.91 Å². The molecule has 1 saturated heterocycles. The van der Waals surface area contributed by atoms with E-state index in [1.165, 1.54) is 12.1 Å². The Kier molecular flexibility index (Phi) is 2.71. The van der Waals surface area contributed by atoms with Crippen molar-refractivity contribution in [2.24, 2.45) is 0 Å². The van der Waals surface area contributed by atoms with Gasteiger partial charge in [0.1, 0.15) is 5.82 Å². The van der Waals surface area contributed by atoms with Crippen molar-refractivity contribution in [1.29, 1.82) is 0 Å². The molecule has 2 rings (SSSR count). The number of hydrogen-bond donors (Lipinski definition) is 0. The van der Waals surface area contributed by atoms with E-state index in [2.05, 4.69) is 0 Å². The number of rotatable bonds is 1. The smallest absolute Gasteiger partial charge is 0.254 e. The minimum atomic E-state index is -0.297. The van der Waals surface area contributed by atoms with Crippen molar-refractivity contribution in [1.82, 2.24) is 4.90 Å². The van der Waals surface area contributed by atoms with E-state index >= 15 is 0 Å². The van der Waals surface area contributed by atoms with Crippen molar-refractivity contribution in [3.8, 4) is 0 Å². The van der Waals surface area contributed by atoms with Gasteiger partial charge in [-0.05, 0) is 47.2 Å². The van der Waals surface area contributed by atoms with Crippen molar-refractivity contribution < 1.29 is 9.18 Å². The van der Waals surface area contributed by atoms with Crippen LogP contribution in [0.25, 0.3) is 0 Å². The summed E-state index contributed by atoms with van der Waals surface area (Å²) in [7, 11) is 0. The number of carbonyl (C=O) groups is 1. The molecular formula is C10H9FINO. The fourth-order valence-corrected chi connectivity index (χ4v) is 2.06. The third-order valence-corrected chi connectivity index (χ3v) is 3.20. The Balaban J connectivity index is 2.26. The van der Waals surface area contributed by atoms with Gasteiger partial charge < -0.3 is 4.90 Å². The number of amides is 1. The predicted octanol–water partition coefficient (Wildman–Crippen LogP) is 2.28. The maximum Gasteiger partial charge on any atom is 0.254 e. The Morgan fingerprint density at radius 1 is 1.43 bits per heavy atom. The van der Waals surface area contributed by atoms with Crippen molar-refractivity contribution in [2.45, 2.75) is 6.42 Å². The molecule has 1 aromatic rings. The molecule has 1 heterocycles. The van der Waals surface area contributed by atoms with Crippen molar-refractivity contribution in [2.75, 3.05) is 13.1 Å². The third-order valence-electron chi connectivity index (χ3n) is 2.30. The lowest BCUT2D eigenvalue weighted by Crippen LogP contribution is -2.42. The highest BCUT2D eigenvalue weighted by Crippen LogP contribution is 2.18. The molecule has 1 aliphatic heterocycles. The Labute approximate surface area is 95.2 Å². The van der Waals surface area contributed by atoms with Crippen molar-refractivity contribution in [3.05, 3.63) is 33.1 Å². The molecule has 2 nitrogen and oxygen atoms in total.